The van der Waals surface area contributed by atoms with Crippen LogP contribution in [0.2, 0.25) is 0 Å². The fraction of sp³-hybridized carbons (Fsp3) is 0.737. The Morgan fingerprint density at radius 1 is 0.875 bits per heavy atom. The first-order chi connectivity index (χ1) is 14.8. The lowest BCUT2D eigenvalue weighted by Crippen LogP contribution is -2.59. The molecule has 184 valence electrons. The van der Waals surface area contributed by atoms with Crippen LogP contribution in [0.4, 0.5) is 0 Å². The van der Waals surface area contributed by atoms with Gasteiger partial charge in [-0.2, -0.15) is 0 Å². The second kappa shape index (κ2) is 14.2. The van der Waals surface area contributed by atoms with Gasteiger partial charge < -0.3 is 43.4 Å². The van der Waals surface area contributed by atoms with Crippen molar-refractivity contribution in [1.29, 1.82) is 0 Å². The highest BCUT2D eigenvalue weighted by atomic mass is 16.4. The molecule has 0 heterocycles. The van der Waals surface area contributed by atoms with E-state index in [0.717, 1.165) is 0 Å². The number of hydrogen-bond acceptors (Lipinski definition) is 7. The highest BCUT2D eigenvalue weighted by molar-refractivity contribution is 5.94. The van der Waals surface area contributed by atoms with Crippen molar-refractivity contribution in [1.82, 2.24) is 16.0 Å². The van der Waals surface area contributed by atoms with Gasteiger partial charge in [0.2, 0.25) is 17.7 Å². The SMILES string of the molecule is CC(C)C(N)C(=O)NC(CCCN=C(N)N)C(=O)NC(C(=O)NC(CO)C(=O)O)C(C)C. The highest BCUT2D eigenvalue weighted by Crippen LogP contribution is 2.07. The molecule has 0 aromatic heterocycles. The molecule has 0 bridgehead atoms. The minimum Gasteiger partial charge on any atom is -0.480 e. The standard InChI is InChI=1S/C19H37N7O6/c1-9(2)13(20)16(29)24-11(6-5-7-23-19(21)22)15(28)26-14(10(3)4)17(30)25-12(8-27)18(31)32/h9-14,27H,5-8,20H2,1-4H3,(H,24,29)(H,25,30)(H,26,28)(H,31,32)(H4,21,22,23). The molecule has 13 heteroatoms. The van der Waals surface area contributed by atoms with E-state index in [1.54, 1.807) is 27.7 Å². The maximum Gasteiger partial charge on any atom is 0.328 e. The quantitative estimate of drug-likeness (QED) is 0.0760. The number of carboxylic acids is 1. The van der Waals surface area contributed by atoms with E-state index >= 15 is 0 Å². The van der Waals surface area contributed by atoms with Crippen LogP contribution in [-0.4, -0.2) is 77.2 Å². The Morgan fingerprint density at radius 2 is 1.44 bits per heavy atom. The van der Waals surface area contributed by atoms with Gasteiger partial charge in [0.25, 0.3) is 0 Å². The summed E-state index contributed by atoms with van der Waals surface area (Å²) >= 11 is 0. The van der Waals surface area contributed by atoms with E-state index in [4.69, 9.17) is 27.4 Å². The Labute approximate surface area is 187 Å². The van der Waals surface area contributed by atoms with Gasteiger partial charge >= 0.3 is 5.97 Å². The molecule has 3 amide bonds. The van der Waals surface area contributed by atoms with Crippen molar-refractivity contribution in [3.8, 4) is 0 Å². The molecule has 0 fully saturated rings. The highest BCUT2D eigenvalue weighted by Gasteiger charge is 2.31. The number of carboxylic acid groups (broad SMARTS) is 1. The zero-order valence-electron chi connectivity index (χ0n) is 19.0. The monoisotopic (exact) mass is 459 g/mol. The number of hydrogen-bond donors (Lipinski definition) is 8. The Balaban J connectivity index is 5.44. The number of aliphatic carboxylic acids is 1. The van der Waals surface area contributed by atoms with Crippen molar-refractivity contribution in [2.75, 3.05) is 13.2 Å². The molecule has 0 spiro atoms. The van der Waals surface area contributed by atoms with Crippen molar-refractivity contribution in [2.24, 2.45) is 34.0 Å². The Morgan fingerprint density at radius 3 is 1.88 bits per heavy atom. The fourth-order valence-corrected chi connectivity index (χ4v) is 2.58. The molecule has 0 aromatic rings. The second-order valence-electron chi connectivity index (χ2n) is 8.09. The van der Waals surface area contributed by atoms with Crippen molar-refractivity contribution >= 4 is 29.7 Å². The van der Waals surface area contributed by atoms with Gasteiger partial charge in [0, 0.05) is 6.54 Å². The molecule has 0 rings (SSSR count). The van der Waals surface area contributed by atoms with Crippen LogP contribution in [-0.2, 0) is 19.2 Å². The predicted octanol–water partition coefficient (Wildman–Crippen LogP) is -2.79. The summed E-state index contributed by atoms with van der Waals surface area (Å²) < 4.78 is 0. The van der Waals surface area contributed by atoms with Crippen LogP contribution in [0.15, 0.2) is 4.99 Å². The van der Waals surface area contributed by atoms with Crippen LogP contribution in [0.3, 0.4) is 0 Å². The molecule has 0 radical (unpaired) electrons. The molecule has 4 unspecified atom stereocenters. The summed E-state index contributed by atoms with van der Waals surface area (Å²) in [7, 11) is 0. The van der Waals surface area contributed by atoms with Crippen LogP contribution in [0.1, 0.15) is 40.5 Å². The van der Waals surface area contributed by atoms with Gasteiger partial charge in [0.1, 0.15) is 18.1 Å². The zero-order valence-corrected chi connectivity index (χ0v) is 19.0. The third kappa shape index (κ3) is 10.4. The number of nitrogens with two attached hydrogens (primary N) is 3. The minimum atomic E-state index is -1.51. The molecule has 0 aliphatic carbocycles. The van der Waals surface area contributed by atoms with E-state index in [1.165, 1.54) is 0 Å². The summed E-state index contributed by atoms with van der Waals surface area (Å²) in [5, 5.41) is 25.4. The fourth-order valence-electron chi connectivity index (χ4n) is 2.58. The molecule has 0 aliphatic rings. The number of guanidine groups is 1. The van der Waals surface area contributed by atoms with E-state index < -0.39 is 60.4 Å². The number of amides is 3. The average molecular weight is 460 g/mol. The molecule has 0 saturated carbocycles. The summed E-state index contributed by atoms with van der Waals surface area (Å²) in [6, 6.07) is -4.48. The first kappa shape index (κ1) is 29.1. The van der Waals surface area contributed by atoms with Crippen molar-refractivity contribution < 1.29 is 29.4 Å². The number of aliphatic hydroxyl groups excluding tert-OH is 1. The van der Waals surface area contributed by atoms with Crippen LogP contribution in [0.25, 0.3) is 0 Å². The van der Waals surface area contributed by atoms with Gasteiger partial charge in [-0.3, -0.25) is 19.4 Å². The van der Waals surface area contributed by atoms with E-state index in [0.29, 0.717) is 6.42 Å². The van der Waals surface area contributed by atoms with E-state index in [-0.39, 0.29) is 24.8 Å². The number of rotatable bonds is 14. The minimum absolute atomic E-state index is 0.106. The molecule has 0 aromatic carbocycles. The van der Waals surface area contributed by atoms with Gasteiger partial charge in [-0.1, -0.05) is 27.7 Å². The molecule has 0 aliphatic heterocycles. The molecule has 4 atom stereocenters. The van der Waals surface area contributed by atoms with Crippen molar-refractivity contribution in [2.45, 2.75) is 64.7 Å². The Bertz CT molecular complexity index is 679. The molecule has 0 saturated heterocycles. The van der Waals surface area contributed by atoms with Gasteiger partial charge in [0.05, 0.1) is 12.6 Å². The molecule has 11 N–H and O–H groups in total. The second-order valence-corrected chi connectivity index (χ2v) is 8.09. The van der Waals surface area contributed by atoms with Crippen LogP contribution in [0, 0.1) is 11.8 Å². The van der Waals surface area contributed by atoms with Crippen LogP contribution in [0.5, 0.6) is 0 Å². The first-order valence-corrected chi connectivity index (χ1v) is 10.4. The summed E-state index contributed by atoms with van der Waals surface area (Å²) in [6.45, 7) is 6.24. The lowest BCUT2D eigenvalue weighted by molar-refractivity contribution is -0.143. The molecular formula is C19H37N7O6. The smallest absolute Gasteiger partial charge is 0.328 e. The third-order valence-electron chi connectivity index (χ3n) is 4.64. The van der Waals surface area contributed by atoms with Crippen molar-refractivity contribution in [3.63, 3.8) is 0 Å². The summed E-state index contributed by atoms with van der Waals surface area (Å²) in [5.41, 5.74) is 16.4. The van der Waals surface area contributed by atoms with Gasteiger partial charge in [-0.25, -0.2) is 4.79 Å². The van der Waals surface area contributed by atoms with Crippen molar-refractivity contribution in [3.05, 3.63) is 0 Å². The van der Waals surface area contributed by atoms with E-state index in [2.05, 4.69) is 20.9 Å². The summed E-state index contributed by atoms with van der Waals surface area (Å²) in [5.74, 6) is -4.06. The normalized spacial score (nSPS) is 14.8. The summed E-state index contributed by atoms with van der Waals surface area (Å²) in [4.78, 5) is 52.7. The zero-order chi connectivity index (χ0) is 25.0. The van der Waals surface area contributed by atoms with Crippen LogP contribution >= 0.6 is 0 Å². The van der Waals surface area contributed by atoms with Gasteiger partial charge in [-0.15, -0.1) is 0 Å². The Hall–Kier alpha value is -2.93. The number of aliphatic imine (C=N–C) groups is 1. The van der Waals surface area contributed by atoms with Gasteiger partial charge in [0.15, 0.2) is 5.96 Å². The van der Waals surface area contributed by atoms with Gasteiger partial charge in [-0.05, 0) is 24.7 Å². The number of nitrogens with one attached hydrogen (secondary N) is 3. The number of nitrogens with zero attached hydrogens (tertiary/aromatic N) is 1. The molecule has 32 heavy (non-hydrogen) atoms. The lowest BCUT2D eigenvalue weighted by atomic mass is 10.0. The Kier molecular flexibility index (Phi) is 12.9. The molecule has 13 nitrogen and oxygen atoms in total. The largest absolute Gasteiger partial charge is 0.480 e. The van der Waals surface area contributed by atoms with E-state index in [9.17, 15) is 19.2 Å². The third-order valence-corrected chi connectivity index (χ3v) is 4.64. The summed E-state index contributed by atoms with van der Waals surface area (Å²) in [6.07, 6.45) is 0.525. The maximum atomic E-state index is 12.9. The predicted molar refractivity (Wildman–Crippen MR) is 118 cm³/mol. The number of aliphatic hydroxyl groups is 1. The number of carbonyl (C=O) groups excluding carboxylic acids is 3. The molecular weight excluding hydrogens is 422 g/mol. The average Bonchev–Trinajstić information content (AvgIpc) is 2.70. The first-order valence-electron chi connectivity index (χ1n) is 10.4. The lowest BCUT2D eigenvalue weighted by Gasteiger charge is -2.27. The van der Waals surface area contributed by atoms with Crippen LogP contribution < -0.4 is 33.2 Å². The topological polar surface area (TPSA) is 235 Å². The number of carbonyl (C=O) groups is 4. The maximum absolute atomic E-state index is 12.9. The van der Waals surface area contributed by atoms with E-state index in [1.807, 2.05) is 0 Å².